The first-order chi connectivity index (χ1) is 8.95. The fourth-order valence-corrected chi connectivity index (χ4v) is 3.01. The molecular formula is C18H40N+. The normalized spacial score (nSPS) is 13.7. The van der Waals surface area contributed by atoms with Crippen LogP contribution in [0.2, 0.25) is 0 Å². The number of rotatable bonds is 13. The van der Waals surface area contributed by atoms with Crippen molar-refractivity contribution in [1.82, 2.24) is 0 Å². The Labute approximate surface area is 123 Å². The van der Waals surface area contributed by atoms with Crippen LogP contribution < -0.4 is 0 Å². The predicted octanol–water partition coefficient (Wildman–Crippen LogP) is 5.64. The van der Waals surface area contributed by atoms with Gasteiger partial charge in [0.15, 0.2) is 0 Å². The minimum atomic E-state index is 0.883. The highest BCUT2D eigenvalue weighted by Gasteiger charge is 2.12. The lowest BCUT2D eigenvalue weighted by Gasteiger charge is -2.27. The van der Waals surface area contributed by atoms with E-state index in [4.69, 9.17) is 0 Å². The van der Waals surface area contributed by atoms with Crippen LogP contribution in [0.25, 0.3) is 0 Å². The Morgan fingerprint density at radius 3 is 1.53 bits per heavy atom. The first-order valence-electron chi connectivity index (χ1n) is 8.76. The SMILES string of the molecule is CCCCCCCCCCCCC(C)C[N+](C)(C)C. The third-order valence-electron chi connectivity index (χ3n) is 3.91. The molecule has 1 nitrogen and oxygen atoms in total. The maximum Gasteiger partial charge on any atom is 0.0806 e. The molecule has 1 heteroatoms. The Bertz CT molecular complexity index is 181. The topological polar surface area (TPSA) is 0 Å². The second-order valence-electron chi connectivity index (χ2n) is 7.55. The molecule has 0 aliphatic rings. The summed E-state index contributed by atoms with van der Waals surface area (Å²) >= 11 is 0. The summed E-state index contributed by atoms with van der Waals surface area (Å²) < 4.78 is 1.11. The number of unbranched alkanes of at least 4 members (excludes halogenated alkanes) is 9. The lowest BCUT2D eigenvalue weighted by molar-refractivity contribution is -0.873. The maximum atomic E-state index is 2.41. The summed E-state index contributed by atoms with van der Waals surface area (Å²) in [6.07, 6.45) is 15.9. The molecule has 116 valence electrons. The summed E-state index contributed by atoms with van der Waals surface area (Å²) in [4.78, 5) is 0. The summed E-state index contributed by atoms with van der Waals surface area (Å²) in [5.41, 5.74) is 0. The molecule has 0 aromatic carbocycles. The average molecular weight is 271 g/mol. The van der Waals surface area contributed by atoms with Crippen LogP contribution in [0.1, 0.15) is 84.5 Å². The molecule has 1 unspecified atom stereocenters. The van der Waals surface area contributed by atoms with Gasteiger partial charge in [0, 0.05) is 5.92 Å². The van der Waals surface area contributed by atoms with Crippen molar-refractivity contribution in [3.05, 3.63) is 0 Å². The Kier molecular flexibility index (Phi) is 11.7. The fraction of sp³-hybridized carbons (Fsp3) is 1.00. The zero-order valence-electron chi connectivity index (χ0n) is 14.5. The van der Waals surface area contributed by atoms with E-state index in [1.54, 1.807) is 0 Å². The highest BCUT2D eigenvalue weighted by atomic mass is 15.3. The van der Waals surface area contributed by atoms with Gasteiger partial charge in [-0.1, -0.05) is 78.1 Å². The zero-order valence-corrected chi connectivity index (χ0v) is 14.5. The smallest absolute Gasteiger partial charge is 0.0806 e. The molecule has 0 N–H and O–H groups in total. The average Bonchev–Trinajstić information content (AvgIpc) is 2.29. The summed E-state index contributed by atoms with van der Waals surface area (Å²) in [6, 6.07) is 0. The molecule has 0 saturated heterocycles. The van der Waals surface area contributed by atoms with Crippen molar-refractivity contribution in [1.29, 1.82) is 0 Å². The van der Waals surface area contributed by atoms with E-state index in [1.807, 2.05) is 0 Å². The second-order valence-corrected chi connectivity index (χ2v) is 7.55. The lowest BCUT2D eigenvalue weighted by Crippen LogP contribution is -2.38. The molecule has 0 bridgehead atoms. The Balaban J connectivity index is 3.18. The van der Waals surface area contributed by atoms with Crippen molar-refractivity contribution in [3.63, 3.8) is 0 Å². The number of hydrogen-bond donors (Lipinski definition) is 0. The molecule has 0 fully saturated rings. The van der Waals surface area contributed by atoms with Crippen LogP contribution in [0.3, 0.4) is 0 Å². The quantitative estimate of drug-likeness (QED) is 0.300. The third-order valence-corrected chi connectivity index (χ3v) is 3.91. The molecule has 0 radical (unpaired) electrons. The van der Waals surface area contributed by atoms with Crippen LogP contribution in [0, 0.1) is 5.92 Å². The Morgan fingerprint density at radius 1 is 0.684 bits per heavy atom. The highest BCUT2D eigenvalue weighted by molar-refractivity contribution is 4.53. The predicted molar refractivity (Wildman–Crippen MR) is 88.5 cm³/mol. The van der Waals surface area contributed by atoms with E-state index >= 15 is 0 Å². The monoisotopic (exact) mass is 270 g/mol. The van der Waals surface area contributed by atoms with Gasteiger partial charge < -0.3 is 4.48 Å². The molecule has 0 heterocycles. The molecule has 0 aliphatic carbocycles. The van der Waals surface area contributed by atoms with Gasteiger partial charge in [-0.05, 0) is 6.42 Å². The van der Waals surface area contributed by atoms with Crippen molar-refractivity contribution in [2.24, 2.45) is 5.92 Å². The number of hydrogen-bond acceptors (Lipinski definition) is 0. The van der Waals surface area contributed by atoms with Crippen LogP contribution in [0.4, 0.5) is 0 Å². The van der Waals surface area contributed by atoms with Crippen LogP contribution in [0.5, 0.6) is 0 Å². The highest BCUT2D eigenvalue weighted by Crippen LogP contribution is 2.15. The van der Waals surface area contributed by atoms with Gasteiger partial charge in [-0.15, -0.1) is 0 Å². The summed E-state index contributed by atoms with van der Waals surface area (Å²) in [5.74, 6) is 0.883. The molecule has 0 aliphatic heterocycles. The first kappa shape index (κ1) is 19.0. The molecule has 0 rings (SSSR count). The lowest BCUT2D eigenvalue weighted by atomic mass is 10.0. The van der Waals surface area contributed by atoms with Crippen molar-refractivity contribution in [2.75, 3.05) is 27.7 Å². The zero-order chi connectivity index (χ0) is 14.6. The largest absolute Gasteiger partial charge is 0.331 e. The van der Waals surface area contributed by atoms with Gasteiger partial charge >= 0.3 is 0 Å². The second kappa shape index (κ2) is 11.8. The molecular weight excluding hydrogens is 230 g/mol. The van der Waals surface area contributed by atoms with Gasteiger partial charge in [-0.3, -0.25) is 0 Å². The fourth-order valence-electron chi connectivity index (χ4n) is 3.01. The van der Waals surface area contributed by atoms with E-state index in [1.165, 1.54) is 77.2 Å². The van der Waals surface area contributed by atoms with Crippen LogP contribution in [-0.2, 0) is 0 Å². The first-order valence-corrected chi connectivity index (χ1v) is 8.76. The van der Waals surface area contributed by atoms with E-state index in [0.29, 0.717) is 0 Å². The third kappa shape index (κ3) is 15.9. The van der Waals surface area contributed by atoms with E-state index in [-0.39, 0.29) is 0 Å². The Morgan fingerprint density at radius 2 is 1.11 bits per heavy atom. The van der Waals surface area contributed by atoms with Gasteiger partial charge in [-0.2, -0.15) is 0 Å². The van der Waals surface area contributed by atoms with Crippen LogP contribution in [0.15, 0.2) is 0 Å². The van der Waals surface area contributed by atoms with E-state index in [9.17, 15) is 0 Å². The summed E-state index contributed by atoms with van der Waals surface area (Å²) in [7, 11) is 6.90. The van der Waals surface area contributed by atoms with Gasteiger partial charge in [0.2, 0.25) is 0 Å². The maximum absolute atomic E-state index is 2.41. The van der Waals surface area contributed by atoms with Crippen molar-refractivity contribution < 1.29 is 4.48 Å². The van der Waals surface area contributed by atoms with Gasteiger partial charge in [0.1, 0.15) is 0 Å². The van der Waals surface area contributed by atoms with E-state index < -0.39 is 0 Å². The van der Waals surface area contributed by atoms with Gasteiger partial charge in [-0.25, -0.2) is 0 Å². The van der Waals surface area contributed by atoms with E-state index in [2.05, 4.69) is 35.0 Å². The number of quaternary nitrogens is 1. The summed E-state index contributed by atoms with van der Waals surface area (Å²) in [6.45, 7) is 6.02. The number of nitrogens with zero attached hydrogens (tertiary/aromatic N) is 1. The van der Waals surface area contributed by atoms with E-state index in [0.717, 1.165) is 10.4 Å². The molecule has 0 spiro atoms. The molecule has 0 saturated carbocycles. The van der Waals surface area contributed by atoms with Gasteiger partial charge in [0.25, 0.3) is 0 Å². The summed E-state index contributed by atoms with van der Waals surface area (Å²) in [5, 5.41) is 0. The van der Waals surface area contributed by atoms with Crippen molar-refractivity contribution in [2.45, 2.75) is 84.5 Å². The standard InChI is InChI=1S/C18H40N/c1-6-7-8-9-10-11-12-13-14-15-16-18(2)17-19(3,4)5/h18H,6-17H2,1-5H3/q+1. The van der Waals surface area contributed by atoms with Crippen LogP contribution >= 0.6 is 0 Å². The minimum Gasteiger partial charge on any atom is -0.331 e. The molecule has 0 aromatic heterocycles. The molecule has 1 atom stereocenters. The minimum absolute atomic E-state index is 0.883. The molecule has 0 aromatic rings. The molecule has 19 heavy (non-hydrogen) atoms. The van der Waals surface area contributed by atoms with Crippen molar-refractivity contribution >= 4 is 0 Å². The van der Waals surface area contributed by atoms with Crippen LogP contribution in [-0.4, -0.2) is 32.2 Å². The molecule has 0 amide bonds. The Hall–Kier alpha value is -0.0400. The van der Waals surface area contributed by atoms with Crippen molar-refractivity contribution in [3.8, 4) is 0 Å². The van der Waals surface area contributed by atoms with Gasteiger partial charge in [0.05, 0.1) is 27.7 Å².